The minimum atomic E-state index is -2.84. The topological polar surface area (TPSA) is 104 Å². The molecule has 0 aliphatic carbocycles. The SMILES string of the molecule is Cc1nc(C(=O)Cc2ccnc([C@]3(C)C[C@@H](COC(F)F)SC(N)=N3)c2)c(C(C)C)o1. The van der Waals surface area contributed by atoms with Gasteiger partial charge in [-0.1, -0.05) is 25.6 Å². The molecule has 1 aliphatic rings. The first-order valence-electron chi connectivity index (χ1n) is 9.95. The summed E-state index contributed by atoms with van der Waals surface area (Å²) in [6.07, 6.45) is 2.16. The molecule has 0 saturated carbocycles. The summed E-state index contributed by atoms with van der Waals surface area (Å²) >= 11 is 1.21. The molecule has 2 N–H and O–H groups in total. The number of pyridine rings is 1. The lowest BCUT2D eigenvalue weighted by Crippen LogP contribution is -2.36. The standard InChI is InChI=1S/C21H26F2N4O3S/c1-11(2)18-17(26-12(3)30-18)15(28)7-13-5-6-25-16(8-13)21(4)9-14(10-29-19(22)23)31-20(24)27-21/h5-6,8,11,14,19H,7,9-10H2,1-4H3,(H2,24,27)/t14-,21-/m0/s1. The number of halogens is 2. The van der Waals surface area contributed by atoms with E-state index in [0.29, 0.717) is 34.6 Å². The fraction of sp³-hybridized carbons (Fsp3) is 0.524. The number of carbonyl (C=O) groups is 1. The summed E-state index contributed by atoms with van der Waals surface area (Å²) in [6, 6.07) is 3.56. The predicted molar refractivity (Wildman–Crippen MR) is 115 cm³/mol. The maximum atomic E-state index is 12.9. The Morgan fingerprint density at radius 2 is 2.19 bits per heavy atom. The number of carbonyl (C=O) groups excluding carboxylic acids is 1. The molecule has 0 unspecified atom stereocenters. The first-order chi connectivity index (χ1) is 14.6. The minimum Gasteiger partial charge on any atom is -0.445 e. The molecule has 3 heterocycles. The number of nitrogens with zero attached hydrogens (tertiary/aromatic N) is 3. The normalized spacial score (nSPS) is 21.5. The second kappa shape index (κ2) is 9.44. The largest absolute Gasteiger partial charge is 0.445 e. The Morgan fingerprint density at radius 1 is 1.45 bits per heavy atom. The van der Waals surface area contributed by atoms with Gasteiger partial charge in [0, 0.05) is 30.7 Å². The summed E-state index contributed by atoms with van der Waals surface area (Å²) in [5.41, 5.74) is 6.86. The number of aromatic nitrogens is 2. The molecular formula is C21H26F2N4O3S. The number of thioether (sulfide) groups is 1. The number of rotatable bonds is 8. The number of alkyl halides is 2. The second-order valence-corrected chi connectivity index (χ2v) is 9.33. The van der Waals surface area contributed by atoms with Crippen molar-refractivity contribution >= 4 is 22.7 Å². The summed E-state index contributed by atoms with van der Waals surface area (Å²) in [4.78, 5) is 26.1. The van der Waals surface area contributed by atoms with Crippen LogP contribution < -0.4 is 5.73 Å². The van der Waals surface area contributed by atoms with Gasteiger partial charge in [0.25, 0.3) is 0 Å². The summed E-state index contributed by atoms with van der Waals surface area (Å²) in [6.45, 7) is 4.47. The van der Waals surface area contributed by atoms with Gasteiger partial charge >= 0.3 is 6.61 Å². The van der Waals surface area contributed by atoms with E-state index < -0.39 is 12.2 Å². The Kier molecular flexibility index (Phi) is 7.10. The average molecular weight is 453 g/mol. The number of amidine groups is 1. The van der Waals surface area contributed by atoms with Crippen molar-refractivity contribution in [3.05, 3.63) is 46.9 Å². The zero-order valence-electron chi connectivity index (χ0n) is 17.9. The molecule has 31 heavy (non-hydrogen) atoms. The number of ketones is 1. The first kappa shape index (κ1) is 23.3. The number of aryl methyl sites for hydroxylation is 1. The lowest BCUT2D eigenvalue weighted by Gasteiger charge is -2.33. The fourth-order valence-electron chi connectivity index (χ4n) is 3.59. The average Bonchev–Trinajstić information content (AvgIpc) is 3.08. The summed E-state index contributed by atoms with van der Waals surface area (Å²) < 4.78 is 35.0. The summed E-state index contributed by atoms with van der Waals surface area (Å²) in [5, 5.41) is 0.00911. The number of aliphatic imine (C=N–C) groups is 1. The van der Waals surface area contributed by atoms with Gasteiger partial charge in [-0.3, -0.25) is 9.78 Å². The highest BCUT2D eigenvalue weighted by atomic mass is 32.2. The van der Waals surface area contributed by atoms with Gasteiger partial charge in [-0.15, -0.1) is 0 Å². The quantitative estimate of drug-likeness (QED) is 0.599. The van der Waals surface area contributed by atoms with Gasteiger partial charge in [0.2, 0.25) is 0 Å². The van der Waals surface area contributed by atoms with E-state index in [0.717, 1.165) is 5.56 Å². The van der Waals surface area contributed by atoms with E-state index in [1.54, 1.807) is 25.3 Å². The van der Waals surface area contributed by atoms with Crippen LogP contribution in [0.3, 0.4) is 0 Å². The third-order valence-electron chi connectivity index (χ3n) is 4.97. The Morgan fingerprint density at radius 3 is 2.87 bits per heavy atom. The van der Waals surface area contributed by atoms with Crippen LogP contribution in [-0.2, 0) is 16.7 Å². The number of Topliss-reactive ketones (excluding diaryl/α,β-unsaturated/α-hetero) is 1. The number of hydrogen-bond donors (Lipinski definition) is 1. The molecular weight excluding hydrogens is 426 g/mol. The van der Waals surface area contributed by atoms with Crippen molar-refractivity contribution in [2.45, 2.75) is 63.9 Å². The molecule has 2 aromatic rings. The minimum absolute atomic E-state index is 0.0384. The molecule has 2 aromatic heterocycles. The highest BCUT2D eigenvalue weighted by Crippen LogP contribution is 2.38. The predicted octanol–water partition coefficient (Wildman–Crippen LogP) is 4.20. The van der Waals surface area contributed by atoms with E-state index >= 15 is 0 Å². The Hall–Kier alpha value is -2.33. The molecule has 0 bridgehead atoms. The van der Waals surface area contributed by atoms with E-state index in [2.05, 4.69) is 19.7 Å². The van der Waals surface area contributed by atoms with Crippen LogP contribution in [0.4, 0.5) is 8.78 Å². The van der Waals surface area contributed by atoms with Gasteiger partial charge in [-0.25, -0.2) is 9.98 Å². The molecule has 2 atom stereocenters. The number of nitrogens with two attached hydrogens (primary N) is 1. The zero-order valence-corrected chi connectivity index (χ0v) is 18.7. The van der Waals surface area contributed by atoms with Gasteiger partial charge in [-0.2, -0.15) is 8.78 Å². The molecule has 0 amide bonds. The third kappa shape index (κ3) is 5.68. The van der Waals surface area contributed by atoms with Gasteiger partial charge < -0.3 is 14.9 Å². The molecule has 0 spiro atoms. The molecule has 0 aromatic carbocycles. The maximum absolute atomic E-state index is 12.9. The third-order valence-corrected chi connectivity index (χ3v) is 5.94. The van der Waals surface area contributed by atoms with Crippen molar-refractivity contribution in [1.29, 1.82) is 0 Å². The molecule has 10 heteroatoms. The van der Waals surface area contributed by atoms with Crippen LogP contribution in [-0.4, -0.2) is 39.4 Å². The van der Waals surface area contributed by atoms with Crippen LogP contribution in [0.2, 0.25) is 0 Å². The van der Waals surface area contributed by atoms with Crippen molar-refractivity contribution < 1.29 is 22.7 Å². The van der Waals surface area contributed by atoms with E-state index in [1.807, 2.05) is 20.8 Å². The zero-order chi connectivity index (χ0) is 22.8. The summed E-state index contributed by atoms with van der Waals surface area (Å²) in [5.74, 6) is 0.925. The number of oxazole rings is 1. The molecule has 0 fully saturated rings. The lowest BCUT2D eigenvalue weighted by molar-refractivity contribution is -0.128. The Balaban J connectivity index is 1.81. The van der Waals surface area contributed by atoms with Crippen LogP contribution in [0.15, 0.2) is 27.7 Å². The Labute approximate surface area is 183 Å². The van der Waals surface area contributed by atoms with Crippen molar-refractivity contribution in [3.63, 3.8) is 0 Å². The van der Waals surface area contributed by atoms with Crippen LogP contribution in [0.1, 0.15) is 66.5 Å². The van der Waals surface area contributed by atoms with Crippen LogP contribution in [0.5, 0.6) is 0 Å². The van der Waals surface area contributed by atoms with Gasteiger partial charge in [0.1, 0.15) is 17.0 Å². The molecule has 0 saturated heterocycles. The van der Waals surface area contributed by atoms with Crippen molar-refractivity contribution in [1.82, 2.24) is 9.97 Å². The van der Waals surface area contributed by atoms with E-state index in [-0.39, 0.29) is 30.0 Å². The molecule has 3 rings (SSSR count). The van der Waals surface area contributed by atoms with Gasteiger partial charge in [0.15, 0.2) is 16.8 Å². The van der Waals surface area contributed by atoms with Crippen molar-refractivity contribution in [2.75, 3.05) is 6.61 Å². The number of ether oxygens (including phenoxy) is 1. The first-order valence-corrected chi connectivity index (χ1v) is 10.8. The monoisotopic (exact) mass is 452 g/mol. The fourth-order valence-corrected chi connectivity index (χ4v) is 4.74. The van der Waals surface area contributed by atoms with Gasteiger partial charge in [-0.05, 0) is 31.0 Å². The smallest absolute Gasteiger partial charge is 0.345 e. The van der Waals surface area contributed by atoms with Crippen LogP contribution >= 0.6 is 11.8 Å². The second-order valence-electron chi connectivity index (χ2n) is 8.01. The van der Waals surface area contributed by atoms with E-state index in [9.17, 15) is 13.6 Å². The highest BCUT2D eigenvalue weighted by molar-refractivity contribution is 8.14. The van der Waals surface area contributed by atoms with Crippen molar-refractivity contribution in [2.24, 2.45) is 10.7 Å². The van der Waals surface area contributed by atoms with Crippen LogP contribution in [0.25, 0.3) is 0 Å². The van der Waals surface area contributed by atoms with Crippen molar-refractivity contribution in [3.8, 4) is 0 Å². The Bertz CT molecular complexity index is 979. The van der Waals surface area contributed by atoms with E-state index in [1.165, 1.54) is 11.8 Å². The van der Waals surface area contributed by atoms with Crippen LogP contribution in [0, 0.1) is 6.92 Å². The lowest BCUT2D eigenvalue weighted by atomic mass is 9.90. The molecule has 0 radical (unpaired) electrons. The summed E-state index contributed by atoms with van der Waals surface area (Å²) in [7, 11) is 0. The highest BCUT2D eigenvalue weighted by Gasteiger charge is 2.36. The van der Waals surface area contributed by atoms with Gasteiger partial charge in [0.05, 0.1) is 12.3 Å². The maximum Gasteiger partial charge on any atom is 0.345 e. The molecule has 1 aliphatic heterocycles. The molecule has 168 valence electrons. The van der Waals surface area contributed by atoms with E-state index in [4.69, 9.17) is 10.2 Å². The molecule has 7 nitrogen and oxygen atoms in total. The number of hydrogen-bond acceptors (Lipinski definition) is 8.